The second kappa shape index (κ2) is 10.7. The van der Waals surface area contributed by atoms with Crippen LogP contribution in [0.4, 0.5) is 0 Å². The van der Waals surface area contributed by atoms with Crippen molar-refractivity contribution in [2.75, 3.05) is 26.8 Å². The van der Waals surface area contributed by atoms with Crippen LogP contribution in [0.25, 0.3) is 11.1 Å². The van der Waals surface area contributed by atoms with Crippen LogP contribution in [-0.4, -0.2) is 52.4 Å². The van der Waals surface area contributed by atoms with Crippen molar-refractivity contribution in [2.45, 2.75) is 45.8 Å². The summed E-state index contributed by atoms with van der Waals surface area (Å²) in [5.41, 5.74) is 5.14. The predicted molar refractivity (Wildman–Crippen MR) is 129 cm³/mol. The van der Waals surface area contributed by atoms with Crippen LogP contribution in [0, 0.1) is 6.92 Å². The summed E-state index contributed by atoms with van der Waals surface area (Å²) in [6, 6.07) is 17.2. The molecule has 0 fully saturated rings. The molecule has 0 spiro atoms. The Kier molecular flexibility index (Phi) is 7.52. The van der Waals surface area contributed by atoms with Crippen LogP contribution in [-0.2, 0) is 29.0 Å². The number of aryl methyl sites for hydroxylation is 1. The van der Waals surface area contributed by atoms with Crippen molar-refractivity contribution in [2.24, 2.45) is 0 Å². The van der Waals surface area contributed by atoms with Gasteiger partial charge in [0.05, 0.1) is 12.6 Å². The topological polar surface area (TPSA) is 72.3 Å². The van der Waals surface area contributed by atoms with E-state index < -0.39 is 0 Å². The number of benzene rings is 2. The number of carbonyl (C=O) groups is 1. The van der Waals surface area contributed by atoms with Gasteiger partial charge in [-0.3, -0.25) is 9.69 Å². The monoisotopic (exact) mass is 447 g/mol. The molecule has 1 unspecified atom stereocenters. The van der Waals surface area contributed by atoms with Gasteiger partial charge in [0.1, 0.15) is 5.82 Å². The highest BCUT2D eigenvalue weighted by Crippen LogP contribution is 2.24. The zero-order chi connectivity index (χ0) is 23.2. The van der Waals surface area contributed by atoms with Gasteiger partial charge in [0, 0.05) is 46.1 Å². The molecular formula is C26H33N5O2. The van der Waals surface area contributed by atoms with Crippen molar-refractivity contribution in [1.29, 1.82) is 0 Å². The smallest absolute Gasteiger partial charge is 0.222 e. The zero-order valence-corrected chi connectivity index (χ0v) is 19.8. The Bertz CT molecular complexity index is 1080. The van der Waals surface area contributed by atoms with Crippen molar-refractivity contribution in [3.8, 4) is 11.1 Å². The molecule has 1 atom stereocenters. The van der Waals surface area contributed by atoms with E-state index in [1.165, 1.54) is 22.3 Å². The van der Waals surface area contributed by atoms with Crippen molar-refractivity contribution < 1.29 is 9.53 Å². The highest BCUT2D eigenvalue weighted by molar-refractivity contribution is 5.76. The first-order chi connectivity index (χ1) is 16.0. The summed E-state index contributed by atoms with van der Waals surface area (Å²) in [5.74, 6) is 1.77. The molecule has 1 aliphatic rings. The number of carbonyl (C=O) groups excluding carboxylic acids is 1. The number of nitrogens with one attached hydrogen (secondary N) is 1. The van der Waals surface area contributed by atoms with Crippen LogP contribution in [0.3, 0.4) is 0 Å². The quantitative estimate of drug-likeness (QED) is 0.572. The zero-order valence-electron chi connectivity index (χ0n) is 19.8. The minimum absolute atomic E-state index is 0.0360. The van der Waals surface area contributed by atoms with Gasteiger partial charge >= 0.3 is 0 Å². The van der Waals surface area contributed by atoms with Crippen molar-refractivity contribution in [1.82, 2.24) is 25.0 Å². The molecule has 0 bridgehead atoms. The molecule has 174 valence electrons. The van der Waals surface area contributed by atoms with Crippen LogP contribution in [0.5, 0.6) is 0 Å². The molecule has 1 aliphatic heterocycles. The Morgan fingerprint density at radius 1 is 1.09 bits per heavy atom. The fourth-order valence-electron chi connectivity index (χ4n) is 4.39. The summed E-state index contributed by atoms with van der Waals surface area (Å²) >= 11 is 0. The summed E-state index contributed by atoms with van der Waals surface area (Å²) in [4.78, 5) is 14.5. The molecule has 0 saturated heterocycles. The molecule has 33 heavy (non-hydrogen) atoms. The second-order valence-corrected chi connectivity index (χ2v) is 8.70. The third kappa shape index (κ3) is 5.67. The van der Waals surface area contributed by atoms with Gasteiger partial charge in [0.25, 0.3) is 0 Å². The Morgan fingerprint density at radius 2 is 1.88 bits per heavy atom. The maximum absolute atomic E-state index is 12.1. The lowest BCUT2D eigenvalue weighted by Gasteiger charge is -2.20. The number of nitrogens with zero attached hydrogens (tertiary/aromatic N) is 4. The SMILES string of the molecule is COCCC(=O)NC(C)c1nnc2n1CCN(Cc1ccc(-c3ccccc3C)cc1)CC2. The molecule has 0 saturated carbocycles. The highest BCUT2D eigenvalue weighted by Gasteiger charge is 2.22. The third-order valence-corrected chi connectivity index (χ3v) is 6.26. The number of hydrogen-bond acceptors (Lipinski definition) is 5. The Labute approximate surface area is 195 Å². The van der Waals surface area contributed by atoms with Crippen molar-refractivity contribution in [3.05, 3.63) is 71.3 Å². The largest absolute Gasteiger partial charge is 0.384 e. The van der Waals surface area contributed by atoms with E-state index in [1.807, 2.05) is 6.92 Å². The Morgan fingerprint density at radius 3 is 2.64 bits per heavy atom. The molecule has 7 heteroatoms. The lowest BCUT2D eigenvalue weighted by molar-refractivity contribution is -0.122. The normalized spacial score (nSPS) is 15.0. The first-order valence-corrected chi connectivity index (χ1v) is 11.6. The molecule has 4 rings (SSSR count). The summed E-state index contributed by atoms with van der Waals surface area (Å²) in [6.07, 6.45) is 1.19. The lowest BCUT2D eigenvalue weighted by atomic mass is 9.99. The predicted octanol–water partition coefficient (Wildman–Crippen LogP) is 3.53. The molecular weight excluding hydrogens is 414 g/mol. The van der Waals surface area contributed by atoms with E-state index in [2.05, 4.69) is 80.4 Å². The Hall–Kier alpha value is -3.03. The number of amides is 1. The number of aromatic nitrogens is 3. The average molecular weight is 448 g/mol. The summed E-state index contributed by atoms with van der Waals surface area (Å²) in [5, 5.41) is 11.8. The number of hydrogen-bond donors (Lipinski definition) is 1. The van der Waals surface area contributed by atoms with E-state index in [0.29, 0.717) is 13.0 Å². The number of methoxy groups -OCH3 is 1. The second-order valence-electron chi connectivity index (χ2n) is 8.70. The molecule has 1 amide bonds. The fraction of sp³-hybridized carbons (Fsp3) is 0.423. The minimum atomic E-state index is -0.184. The van der Waals surface area contributed by atoms with E-state index >= 15 is 0 Å². The van der Waals surface area contributed by atoms with Gasteiger partial charge in [0.2, 0.25) is 5.91 Å². The molecule has 1 N–H and O–H groups in total. The van der Waals surface area contributed by atoms with Crippen LogP contribution in [0.15, 0.2) is 48.5 Å². The number of rotatable bonds is 8. The lowest BCUT2D eigenvalue weighted by Crippen LogP contribution is -2.30. The van der Waals surface area contributed by atoms with Crippen molar-refractivity contribution >= 4 is 5.91 Å². The van der Waals surface area contributed by atoms with E-state index in [1.54, 1.807) is 7.11 Å². The third-order valence-electron chi connectivity index (χ3n) is 6.26. The van der Waals surface area contributed by atoms with Crippen LogP contribution in [0.2, 0.25) is 0 Å². The van der Waals surface area contributed by atoms with Crippen LogP contribution in [0.1, 0.15) is 42.2 Å². The maximum Gasteiger partial charge on any atom is 0.222 e. The van der Waals surface area contributed by atoms with Crippen LogP contribution >= 0.6 is 0 Å². The van der Waals surface area contributed by atoms with E-state index in [0.717, 1.165) is 44.2 Å². The highest BCUT2D eigenvalue weighted by atomic mass is 16.5. The number of ether oxygens (including phenoxy) is 1. The number of fused-ring (bicyclic) bond motifs is 1. The first kappa shape index (κ1) is 23.1. The van der Waals surface area contributed by atoms with Gasteiger partial charge in [-0.1, -0.05) is 48.5 Å². The average Bonchev–Trinajstić information content (AvgIpc) is 3.13. The van der Waals surface area contributed by atoms with Crippen molar-refractivity contribution in [3.63, 3.8) is 0 Å². The molecule has 2 aromatic carbocycles. The molecule has 0 aliphatic carbocycles. The molecule has 1 aromatic heterocycles. The summed E-state index contributed by atoms with van der Waals surface area (Å²) in [7, 11) is 1.60. The summed E-state index contributed by atoms with van der Waals surface area (Å²) in [6.45, 7) is 8.10. The molecule has 2 heterocycles. The molecule has 0 radical (unpaired) electrons. The van der Waals surface area contributed by atoms with E-state index in [9.17, 15) is 4.79 Å². The van der Waals surface area contributed by atoms with Crippen LogP contribution < -0.4 is 5.32 Å². The van der Waals surface area contributed by atoms with Gasteiger partial charge in [0.15, 0.2) is 5.82 Å². The van der Waals surface area contributed by atoms with Gasteiger partial charge in [-0.05, 0) is 36.1 Å². The fourth-order valence-corrected chi connectivity index (χ4v) is 4.39. The molecule has 7 nitrogen and oxygen atoms in total. The Balaban J connectivity index is 1.37. The molecule has 3 aromatic rings. The first-order valence-electron chi connectivity index (χ1n) is 11.6. The summed E-state index contributed by atoms with van der Waals surface area (Å²) < 4.78 is 7.16. The van der Waals surface area contributed by atoms with Gasteiger partial charge in [-0.15, -0.1) is 10.2 Å². The maximum atomic E-state index is 12.1. The van der Waals surface area contributed by atoms with E-state index in [4.69, 9.17) is 4.74 Å². The van der Waals surface area contributed by atoms with E-state index in [-0.39, 0.29) is 11.9 Å². The standard InChI is InChI=1S/C26H33N5O2/c1-19-6-4-5-7-23(19)22-10-8-21(9-11-22)18-30-14-12-24-28-29-26(31(24)16-15-30)20(2)27-25(32)13-17-33-3/h4-11,20H,12-18H2,1-3H3,(H,27,32). The van der Waals surface area contributed by atoms with Gasteiger partial charge in [-0.25, -0.2) is 0 Å². The van der Waals surface area contributed by atoms with Gasteiger partial charge in [-0.2, -0.15) is 0 Å². The minimum Gasteiger partial charge on any atom is -0.384 e. The van der Waals surface area contributed by atoms with Gasteiger partial charge < -0.3 is 14.6 Å².